The first-order chi connectivity index (χ1) is 11.6. The van der Waals surface area contributed by atoms with Gasteiger partial charge in [-0.2, -0.15) is 0 Å². The summed E-state index contributed by atoms with van der Waals surface area (Å²) in [5.41, 5.74) is 1.45. The van der Waals surface area contributed by atoms with Crippen molar-refractivity contribution in [3.8, 4) is 11.5 Å². The minimum atomic E-state index is -0.147. The lowest BCUT2D eigenvalue weighted by molar-refractivity contribution is -0.115. The van der Waals surface area contributed by atoms with Crippen molar-refractivity contribution >= 4 is 11.6 Å². The number of hydrogen-bond donors (Lipinski definition) is 1. The zero-order valence-corrected chi connectivity index (χ0v) is 13.6. The van der Waals surface area contributed by atoms with Crippen LogP contribution >= 0.6 is 0 Å². The predicted octanol–water partition coefficient (Wildman–Crippen LogP) is 4.26. The molecule has 0 saturated heterocycles. The van der Waals surface area contributed by atoms with Crippen LogP contribution in [0.15, 0.2) is 59.0 Å². The zero-order valence-electron chi connectivity index (χ0n) is 13.6. The molecular weight excluding hydrogens is 304 g/mol. The van der Waals surface area contributed by atoms with Crippen LogP contribution in [0.5, 0.6) is 11.5 Å². The van der Waals surface area contributed by atoms with Gasteiger partial charge >= 0.3 is 0 Å². The van der Waals surface area contributed by atoms with Crippen LogP contribution in [0.3, 0.4) is 0 Å². The van der Waals surface area contributed by atoms with E-state index >= 15 is 0 Å². The van der Waals surface area contributed by atoms with Crippen LogP contribution in [0.1, 0.15) is 17.3 Å². The van der Waals surface area contributed by atoms with E-state index in [1.807, 2.05) is 49.4 Å². The average Bonchev–Trinajstić information content (AvgIpc) is 2.87. The SMILES string of the molecule is Cc1nc(C)c(CC(=O)Nc2ccc(Oc3ccccc3)cc2)o1. The maximum Gasteiger partial charge on any atom is 0.232 e. The molecule has 5 heteroatoms. The standard InChI is InChI=1S/C19H18N2O3/c1-13-18(23-14(2)20-13)12-19(22)21-15-8-10-17(11-9-15)24-16-6-4-3-5-7-16/h3-11H,12H2,1-2H3,(H,21,22). The van der Waals surface area contributed by atoms with Crippen LogP contribution in [0.25, 0.3) is 0 Å². The molecule has 0 aliphatic carbocycles. The molecular formula is C19H18N2O3. The van der Waals surface area contributed by atoms with E-state index in [4.69, 9.17) is 9.15 Å². The van der Waals surface area contributed by atoms with Gasteiger partial charge in [-0.1, -0.05) is 18.2 Å². The number of amides is 1. The zero-order chi connectivity index (χ0) is 16.9. The summed E-state index contributed by atoms with van der Waals surface area (Å²) in [4.78, 5) is 16.2. The molecule has 3 aromatic rings. The third kappa shape index (κ3) is 4.01. The lowest BCUT2D eigenvalue weighted by Crippen LogP contribution is -2.14. The number of nitrogens with zero attached hydrogens (tertiary/aromatic N) is 1. The van der Waals surface area contributed by atoms with Gasteiger partial charge in [-0.05, 0) is 43.3 Å². The maximum atomic E-state index is 12.1. The van der Waals surface area contributed by atoms with Gasteiger partial charge in [0.05, 0.1) is 12.1 Å². The average molecular weight is 322 g/mol. The maximum absolute atomic E-state index is 12.1. The molecule has 1 heterocycles. The van der Waals surface area contributed by atoms with Crippen molar-refractivity contribution in [3.05, 3.63) is 71.9 Å². The van der Waals surface area contributed by atoms with E-state index in [9.17, 15) is 4.79 Å². The Morgan fingerprint density at radius 1 is 1.04 bits per heavy atom. The number of carbonyl (C=O) groups excluding carboxylic acids is 1. The Kier molecular flexibility index (Phi) is 4.61. The van der Waals surface area contributed by atoms with Crippen LogP contribution in [0.4, 0.5) is 5.69 Å². The first-order valence-electron chi connectivity index (χ1n) is 7.66. The van der Waals surface area contributed by atoms with Crippen molar-refractivity contribution in [2.45, 2.75) is 20.3 Å². The molecule has 2 aromatic carbocycles. The summed E-state index contributed by atoms with van der Waals surface area (Å²) < 4.78 is 11.1. The number of rotatable bonds is 5. The summed E-state index contributed by atoms with van der Waals surface area (Å²) in [6.45, 7) is 3.59. The van der Waals surface area contributed by atoms with E-state index < -0.39 is 0 Å². The fourth-order valence-corrected chi connectivity index (χ4v) is 2.32. The van der Waals surface area contributed by atoms with Gasteiger partial charge in [0.15, 0.2) is 5.89 Å². The van der Waals surface area contributed by atoms with Crippen LogP contribution < -0.4 is 10.1 Å². The minimum Gasteiger partial charge on any atom is -0.457 e. The largest absolute Gasteiger partial charge is 0.457 e. The van der Waals surface area contributed by atoms with Crippen molar-refractivity contribution in [1.82, 2.24) is 4.98 Å². The molecule has 0 bridgehead atoms. The Morgan fingerprint density at radius 2 is 1.71 bits per heavy atom. The van der Waals surface area contributed by atoms with Crippen molar-refractivity contribution in [3.63, 3.8) is 0 Å². The molecule has 1 N–H and O–H groups in total. The molecule has 5 nitrogen and oxygen atoms in total. The monoisotopic (exact) mass is 322 g/mol. The first kappa shape index (κ1) is 15.8. The van der Waals surface area contributed by atoms with E-state index in [1.165, 1.54) is 0 Å². The molecule has 3 rings (SSSR count). The summed E-state index contributed by atoms with van der Waals surface area (Å²) in [6.07, 6.45) is 0.162. The molecule has 24 heavy (non-hydrogen) atoms. The number of para-hydroxylation sites is 1. The molecule has 0 aliphatic rings. The van der Waals surface area contributed by atoms with Gasteiger partial charge in [0, 0.05) is 12.6 Å². The van der Waals surface area contributed by atoms with Crippen LogP contribution in [0, 0.1) is 13.8 Å². The highest BCUT2D eigenvalue weighted by molar-refractivity contribution is 5.92. The number of anilines is 1. The van der Waals surface area contributed by atoms with Gasteiger partial charge in [0.25, 0.3) is 0 Å². The molecule has 0 unspecified atom stereocenters. The van der Waals surface area contributed by atoms with Crippen molar-refractivity contribution in [2.24, 2.45) is 0 Å². The summed E-state index contributed by atoms with van der Waals surface area (Å²) in [5.74, 6) is 2.49. The molecule has 0 aliphatic heterocycles. The van der Waals surface area contributed by atoms with Gasteiger partial charge in [0.1, 0.15) is 17.3 Å². The number of aromatic nitrogens is 1. The Labute approximate surface area is 140 Å². The Hall–Kier alpha value is -3.08. The molecule has 1 amide bonds. The molecule has 0 atom stereocenters. The second-order valence-corrected chi connectivity index (χ2v) is 5.41. The van der Waals surface area contributed by atoms with E-state index in [-0.39, 0.29) is 12.3 Å². The van der Waals surface area contributed by atoms with Crippen molar-refractivity contribution in [2.75, 3.05) is 5.32 Å². The third-order valence-corrected chi connectivity index (χ3v) is 3.44. The minimum absolute atomic E-state index is 0.147. The molecule has 0 saturated carbocycles. The fourth-order valence-electron chi connectivity index (χ4n) is 2.32. The summed E-state index contributed by atoms with van der Waals surface area (Å²) >= 11 is 0. The van der Waals surface area contributed by atoms with Crippen LogP contribution in [-0.4, -0.2) is 10.9 Å². The number of hydrogen-bond acceptors (Lipinski definition) is 4. The number of carbonyl (C=O) groups is 1. The number of ether oxygens (including phenoxy) is 1. The Bertz CT molecular complexity index is 824. The summed E-state index contributed by atoms with van der Waals surface area (Å²) in [7, 11) is 0. The van der Waals surface area contributed by atoms with E-state index in [0.717, 1.165) is 11.4 Å². The third-order valence-electron chi connectivity index (χ3n) is 3.44. The Morgan fingerprint density at radius 3 is 2.33 bits per heavy atom. The predicted molar refractivity (Wildman–Crippen MR) is 91.3 cm³/mol. The van der Waals surface area contributed by atoms with Gasteiger partial charge in [-0.25, -0.2) is 4.98 Å². The Balaban J connectivity index is 1.59. The number of oxazole rings is 1. The van der Waals surface area contributed by atoms with Crippen molar-refractivity contribution < 1.29 is 13.9 Å². The van der Waals surface area contributed by atoms with Gasteiger partial charge in [0.2, 0.25) is 5.91 Å². The molecule has 122 valence electrons. The van der Waals surface area contributed by atoms with E-state index in [2.05, 4.69) is 10.3 Å². The number of aryl methyl sites for hydroxylation is 2. The topological polar surface area (TPSA) is 64.4 Å². The molecule has 0 spiro atoms. The fraction of sp³-hybridized carbons (Fsp3) is 0.158. The van der Waals surface area contributed by atoms with E-state index in [0.29, 0.717) is 23.1 Å². The molecule has 0 radical (unpaired) electrons. The highest BCUT2D eigenvalue weighted by Crippen LogP contribution is 2.22. The van der Waals surface area contributed by atoms with Gasteiger partial charge in [-0.15, -0.1) is 0 Å². The second kappa shape index (κ2) is 7.00. The highest BCUT2D eigenvalue weighted by Gasteiger charge is 2.12. The van der Waals surface area contributed by atoms with E-state index in [1.54, 1.807) is 19.1 Å². The van der Waals surface area contributed by atoms with Crippen LogP contribution in [0.2, 0.25) is 0 Å². The van der Waals surface area contributed by atoms with Crippen molar-refractivity contribution in [1.29, 1.82) is 0 Å². The molecule has 0 fully saturated rings. The quantitative estimate of drug-likeness (QED) is 0.762. The van der Waals surface area contributed by atoms with Crippen LogP contribution in [-0.2, 0) is 11.2 Å². The summed E-state index contributed by atoms with van der Waals surface area (Å²) in [6, 6.07) is 16.8. The van der Waals surface area contributed by atoms with Gasteiger partial charge < -0.3 is 14.5 Å². The number of benzene rings is 2. The lowest BCUT2D eigenvalue weighted by Gasteiger charge is -2.07. The highest BCUT2D eigenvalue weighted by atomic mass is 16.5. The number of nitrogens with one attached hydrogen (secondary N) is 1. The molecule has 1 aromatic heterocycles. The second-order valence-electron chi connectivity index (χ2n) is 5.41. The smallest absolute Gasteiger partial charge is 0.232 e. The first-order valence-corrected chi connectivity index (χ1v) is 7.66. The van der Waals surface area contributed by atoms with Gasteiger partial charge in [-0.3, -0.25) is 4.79 Å². The normalized spacial score (nSPS) is 10.4. The summed E-state index contributed by atoms with van der Waals surface area (Å²) in [5, 5.41) is 2.84. The lowest BCUT2D eigenvalue weighted by atomic mass is 10.2.